The molecule has 0 spiro atoms. The molecule has 1 unspecified atom stereocenters. The van der Waals surface area contributed by atoms with Crippen LogP contribution in [0.3, 0.4) is 0 Å². The fourth-order valence-corrected chi connectivity index (χ4v) is 2.67. The molecule has 0 aliphatic heterocycles. The Bertz CT molecular complexity index is 499. The van der Waals surface area contributed by atoms with Crippen molar-refractivity contribution in [3.63, 3.8) is 0 Å². The molecule has 0 aliphatic rings. The molecule has 2 aromatic rings. The zero-order valence-electron chi connectivity index (χ0n) is 10.6. The van der Waals surface area contributed by atoms with E-state index in [4.69, 9.17) is 0 Å². The van der Waals surface area contributed by atoms with Gasteiger partial charge in [-0.2, -0.15) is 0 Å². The van der Waals surface area contributed by atoms with E-state index in [1.54, 1.807) is 0 Å². The van der Waals surface area contributed by atoms with E-state index >= 15 is 0 Å². The Hall–Kier alpha value is -1.19. The highest BCUT2D eigenvalue weighted by Crippen LogP contribution is 2.25. The molecule has 1 heterocycles. The largest absolute Gasteiger partial charge is 0.304 e. The summed E-state index contributed by atoms with van der Waals surface area (Å²) in [5.41, 5.74) is 2.53. The van der Waals surface area contributed by atoms with Crippen molar-refractivity contribution in [2.75, 3.05) is 0 Å². The highest BCUT2D eigenvalue weighted by molar-refractivity contribution is 9.10. The molecule has 0 amide bonds. The first-order valence-corrected chi connectivity index (χ1v) is 6.88. The monoisotopic (exact) mass is 304 g/mol. The summed E-state index contributed by atoms with van der Waals surface area (Å²) in [5.74, 6) is 0. The molecule has 0 aliphatic carbocycles. The van der Waals surface area contributed by atoms with Gasteiger partial charge in [-0.1, -0.05) is 34.1 Å². The van der Waals surface area contributed by atoms with Gasteiger partial charge in [0.05, 0.1) is 0 Å². The SMILES string of the molecule is CC(N[C@@H](C)c1ccncc1)c1ccccc1Br. The first kappa shape index (κ1) is 13.2. The normalized spacial score (nSPS) is 14.2. The predicted molar refractivity (Wildman–Crippen MR) is 78.3 cm³/mol. The molecule has 1 aromatic heterocycles. The summed E-state index contributed by atoms with van der Waals surface area (Å²) in [7, 11) is 0. The molecule has 0 saturated heterocycles. The second-order valence-electron chi connectivity index (χ2n) is 4.41. The van der Waals surface area contributed by atoms with E-state index in [1.165, 1.54) is 11.1 Å². The van der Waals surface area contributed by atoms with Gasteiger partial charge in [0.15, 0.2) is 0 Å². The molecule has 0 bridgehead atoms. The minimum atomic E-state index is 0.295. The van der Waals surface area contributed by atoms with Crippen LogP contribution in [-0.2, 0) is 0 Å². The maximum Gasteiger partial charge on any atom is 0.0308 e. The third-order valence-electron chi connectivity index (χ3n) is 3.08. The van der Waals surface area contributed by atoms with Gasteiger partial charge in [-0.25, -0.2) is 0 Å². The van der Waals surface area contributed by atoms with Crippen molar-refractivity contribution in [3.8, 4) is 0 Å². The van der Waals surface area contributed by atoms with Gasteiger partial charge in [-0.05, 0) is 43.2 Å². The molecular formula is C15H17BrN2. The number of halogens is 1. The third-order valence-corrected chi connectivity index (χ3v) is 3.80. The molecule has 0 fully saturated rings. The van der Waals surface area contributed by atoms with Crippen molar-refractivity contribution in [2.24, 2.45) is 0 Å². The number of nitrogens with zero attached hydrogens (tertiary/aromatic N) is 1. The van der Waals surface area contributed by atoms with Crippen LogP contribution in [0.15, 0.2) is 53.3 Å². The van der Waals surface area contributed by atoms with Crippen LogP contribution < -0.4 is 5.32 Å². The van der Waals surface area contributed by atoms with E-state index in [0.717, 1.165) is 4.47 Å². The summed E-state index contributed by atoms with van der Waals surface area (Å²) >= 11 is 3.59. The smallest absolute Gasteiger partial charge is 0.0308 e. The molecular weight excluding hydrogens is 288 g/mol. The van der Waals surface area contributed by atoms with Gasteiger partial charge in [0.1, 0.15) is 0 Å². The topological polar surface area (TPSA) is 24.9 Å². The number of benzene rings is 1. The van der Waals surface area contributed by atoms with Gasteiger partial charge in [0.2, 0.25) is 0 Å². The maximum atomic E-state index is 4.04. The quantitative estimate of drug-likeness (QED) is 0.913. The summed E-state index contributed by atoms with van der Waals surface area (Å²) in [6.07, 6.45) is 3.66. The van der Waals surface area contributed by atoms with Crippen molar-refractivity contribution in [1.29, 1.82) is 0 Å². The zero-order valence-corrected chi connectivity index (χ0v) is 12.2. The van der Waals surface area contributed by atoms with E-state index in [9.17, 15) is 0 Å². The lowest BCUT2D eigenvalue weighted by Crippen LogP contribution is -2.22. The first-order chi connectivity index (χ1) is 8.68. The number of hydrogen-bond donors (Lipinski definition) is 1. The van der Waals surface area contributed by atoms with Gasteiger partial charge < -0.3 is 5.32 Å². The Morgan fingerprint density at radius 2 is 1.67 bits per heavy atom. The third kappa shape index (κ3) is 3.18. The number of rotatable bonds is 4. The molecule has 18 heavy (non-hydrogen) atoms. The molecule has 0 saturated carbocycles. The molecule has 1 N–H and O–H groups in total. The second kappa shape index (κ2) is 6.12. The van der Waals surface area contributed by atoms with Crippen molar-refractivity contribution in [3.05, 3.63) is 64.4 Å². The van der Waals surface area contributed by atoms with Crippen LogP contribution in [0.4, 0.5) is 0 Å². The van der Waals surface area contributed by atoms with Crippen LogP contribution >= 0.6 is 15.9 Å². The number of pyridine rings is 1. The van der Waals surface area contributed by atoms with E-state index in [0.29, 0.717) is 12.1 Å². The first-order valence-electron chi connectivity index (χ1n) is 6.09. The summed E-state index contributed by atoms with van der Waals surface area (Å²) in [6, 6.07) is 13.0. The number of hydrogen-bond acceptors (Lipinski definition) is 2. The zero-order chi connectivity index (χ0) is 13.0. The summed E-state index contributed by atoms with van der Waals surface area (Å²) < 4.78 is 1.15. The number of nitrogens with one attached hydrogen (secondary N) is 1. The Labute approximate surface area is 117 Å². The molecule has 0 radical (unpaired) electrons. The Kier molecular flexibility index (Phi) is 4.50. The lowest BCUT2D eigenvalue weighted by molar-refractivity contribution is 0.493. The van der Waals surface area contributed by atoms with Crippen LogP contribution in [0, 0.1) is 0 Å². The maximum absolute atomic E-state index is 4.04. The lowest BCUT2D eigenvalue weighted by Gasteiger charge is -2.21. The van der Waals surface area contributed by atoms with Gasteiger partial charge in [-0.3, -0.25) is 4.98 Å². The lowest BCUT2D eigenvalue weighted by atomic mass is 10.1. The number of aromatic nitrogens is 1. The van der Waals surface area contributed by atoms with Crippen LogP contribution in [0.5, 0.6) is 0 Å². The van der Waals surface area contributed by atoms with Crippen LogP contribution in [0.25, 0.3) is 0 Å². The van der Waals surface area contributed by atoms with Crippen LogP contribution in [-0.4, -0.2) is 4.98 Å². The molecule has 2 rings (SSSR count). The summed E-state index contributed by atoms with van der Waals surface area (Å²) in [6.45, 7) is 4.35. The molecule has 2 nitrogen and oxygen atoms in total. The highest BCUT2D eigenvalue weighted by atomic mass is 79.9. The minimum absolute atomic E-state index is 0.295. The predicted octanol–water partition coefficient (Wildman–Crippen LogP) is 4.26. The van der Waals surface area contributed by atoms with E-state index < -0.39 is 0 Å². The van der Waals surface area contributed by atoms with Crippen molar-refractivity contribution in [2.45, 2.75) is 25.9 Å². The van der Waals surface area contributed by atoms with Gasteiger partial charge >= 0.3 is 0 Å². The fourth-order valence-electron chi connectivity index (χ4n) is 2.04. The Morgan fingerprint density at radius 3 is 2.33 bits per heavy atom. The Balaban J connectivity index is 2.08. The van der Waals surface area contributed by atoms with Gasteiger partial charge in [-0.15, -0.1) is 0 Å². The van der Waals surface area contributed by atoms with E-state index in [1.807, 2.05) is 30.6 Å². The average molecular weight is 305 g/mol. The van der Waals surface area contributed by atoms with Crippen molar-refractivity contribution in [1.82, 2.24) is 10.3 Å². The average Bonchev–Trinajstić information content (AvgIpc) is 2.40. The van der Waals surface area contributed by atoms with E-state index in [2.05, 4.69) is 58.3 Å². The second-order valence-corrected chi connectivity index (χ2v) is 5.27. The van der Waals surface area contributed by atoms with Crippen LogP contribution in [0.1, 0.15) is 37.1 Å². The van der Waals surface area contributed by atoms with Gasteiger partial charge in [0, 0.05) is 29.0 Å². The standard InChI is InChI=1S/C15H17BrN2/c1-11(13-7-9-17-10-8-13)18-12(2)14-5-3-4-6-15(14)16/h3-12,18H,1-2H3/t11-,12?/m0/s1. The van der Waals surface area contributed by atoms with Crippen molar-refractivity contribution >= 4 is 15.9 Å². The fraction of sp³-hybridized carbons (Fsp3) is 0.267. The molecule has 2 atom stereocenters. The van der Waals surface area contributed by atoms with E-state index in [-0.39, 0.29) is 0 Å². The Morgan fingerprint density at radius 1 is 1.00 bits per heavy atom. The van der Waals surface area contributed by atoms with Crippen LogP contribution in [0.2, 0.25) is 0 Å². The minimum Gasteiger partial charge on any atom is -0.304 e. The summed E-state index contributed by atoms with van der Waals surface area (Å²) in [4.78, 5) is 4.04. The summed E-state index contributed by atoms with van der Waals surface area (Å²) in [5, 5.41) is 3.60. The molecule has 3 heteroatoms. The van der Waals surface area contributed by atoms with Crippen molar-refractivity contribution < 1.29 is 0 Å². The highest BCUT2D eigenvalue weighted by Gasteiger charge is 2.12. The molecule has 1 aromatic carbocycles. The van der Waals surface area contributed by atoms with Gasteiger partial charge in [0.25, 0.3) is 0 Å². The molecule has 94 valence electrons.